The van der Waals surface area contributed by atoms with Crippen LogP contribution in [0.4, 0.5) is 5.69 Å². The van der Waals surface area contributed by atoms with Crippen LogP contribution in [-0.4, -0.2) is 30.3 Å². The maximum atomic E-state index is 5.63. The molecule has 1 aromatic carbocycles. The second-order valence-corrected chi connectivity index (χ2v) is 8.47. The molecule has 2 aliphatic rings. The summed E-state index contributed by atoms with van der Waals surface area (Å²) >= 11 is 5.63. The highest BCUT2D eigenvalue weighted by Gasteiger charge is 2.42. The molecule has 3 rings (SSSR count). The van der Waals surface area contributed by atoms with Gasteiger partial charge in [-0.05, 0) is 75.4 Å². The first-order valence-electron chi connectivity index (χ1n) is 10.1. The lowest BCUT2D eigenvalue weighted by Gasteiger charge is -2.45. The normalized spacial score (nSPS) is 20.9. The second-order valence-electron chi connectivity index (χ2n) is 8.06. The van der Waals surface area contributed by atoms with Crippen molar-refractivity contribution in [3.05, 3.63) is 29.3 Å². The topological polar surface area (TPSA) is 28.5 Å². The molecule has 3 nitrogen and oxygen atoms in total. The number of quaternary nitrogens is 1. The van der Waals surface area contributed by atoms with Crippen LogP contribution in [0.3, 0.4) is 0 Å². The van der Waals surface area contributed by atoms with E-state index < -0.39 is 0 Å². The third-order valence-electron chi connectivity index (χ3n) is 6.46. The molecule has 0 bridgehead atoms. The highest BCUT2D eigenvalue weighted by Crippen LogP contribution is 2.26. The van der Waals surface area contributed by atoms with Gasteiger partial charge in [-0.15, -0.1) is 0 Å². The van der Waals surface area contributed by atoms with Crippen molar-refractivity contribution >= 4 is 23.0 Å². The minimum atomic E-state index is 0.395. The molecule has 2 fully saturated rings. The molecule has 1 aliphatic carbocycles. The predicted octanol–water partition coefficient (Wildman–Crippen LogP) is 3.36. The number of rotatable bonds is 4. The summed E-state index contributed by atoms with van der Waals surface area (Å²) in [5.74, 6) is 0. The summed E-state index contributed by atoms with van der Waals surface area (Å²) < 4.78 is 0. The Kier molecular flexibility index (Phi) is 6.34. The van der Waals surface area contributed by atoms with E-state index in [2.05, 4.69) is 42.7 Å². The van der Waals surface area contributed by atoms with Crippen molar-refractivity contribution in [1.29, 1.82) is 0 Å². The fraction of sp³-hybridized carbons (Fsp3) is 0.667. The second kappa shape index (κ2) is 8.50. The summed E-state index contributed by atoms with van der Waals surface area (Å²) in [4.78, 5) is 1.83. The van der Waals surface area contributed by atoms with Gasteiger partial charge in [-0.2, -0.15) is 0 Å². The molecule has 25 heavy (non-hydrogen) atoms. The molecule has 1 aliphatic heterocycles. The maximum Gasteiger partial charge on any atom is 0.171 e. The first kappa shape index (κ1) is 18.7. The molecular formula is C21H34N3S+. The van der Waals surface area contributed by atoms with E-state index in [0.717, 1.165) is 17.3 Å². The van der Waals surface area contributed by atoms with Gasteiger partial charge in [0.1, 0.15) is 5.54 Å². The lowest BCUT2D eigenvalue weighted by Crippen LogP contribution is -3.22. The highest BCUT2D eigenvalue weighted by atomic mass is 32.1. The standard InChI is InChI=1S/C21H33N3S/c1-17-10-9-11-19(18(17)2)23-20(25)22-16-21(12-5-3-6-13-21)24-14-7-4-8-15-24/h9-11H,3-8,12-16H2,1-2H3,(H2,22,23,25)/p+1. The summed E-state index contributed by atoms with van der Waals surface area (Å²) in [5.41, 5.74) is 4.10. The van der Waals surface area contributed by atoms with Gasteiger partial charge in [-0.3, -0.25) is 0 Å². The van der Waals surface area contributed by atoms with Crippen molar-refractivity contribution in [3.8, 4) is 0 Å². The fourth-order valence-corrected chi connectivity index (χ4v) is 4.88. The lowest BCUT2D eigenvalue weighted by molar-refractivity contribution is -0.957. The Balaban J connectivity index is 1.62. The summed E-state index contributed by atoms with van der Waals surface area (Å²) in [6.07, 6.45) is 11.1. The van der Waals surface area contributed by atoms with Crippen LogP contribution < -0.4 is 15.5 Å². The van der Waals surface area contributed by atoms with Crippen LogP contribution >= 0.6 is 12.2 Å². The van der Waals surface area contributed by atoms with Crippen molar-refractivity contribution in [2.45, 2.75) is 70.8 Å². The van der Waals surface area contributed by atoms with Crippen LogP contribution in [0.1, 0.15) is 62.5 Å². The molecule has 0 atom stereocenters. The number of nitrogens with one attached hydrogen (secondary N) is 3. The number of hydrogen-bond donors (Lipinski definition) is 3. The molecule has 0 aromatic heterocycles. The van der Waals surface area contributed by atoms with E-state index in [9.17, 15) is 0 Å². The highest BCUT2D eigenvalue weighted by molar-refractivity contribution is 7.80. The smallest absolute Gasteiger partial charge is 0.171 e. The number of piperidine rings is 1. The SMILES string of the molecule is Cc1cccc(NC(=S)NCC2([NH+]3CCCCC3)CCCCC2)c1C. The maximum absolute atomic E-state index is 5.63. The molecule has 1 saturated carbocycles. The zero-order chi connectivity index (χ0) is 17.7. The largest absolute Gasteiger partial charge is 0.356 e. The van der Waals surface area contributed by atoms with Gasteiger partial charge in [0, 0.05) is 18.5 Å². The average molecular weight is 361 g/mol. The molecule has 0 spiro atoms. The molecule has 1 aromatic rings. The van der Waals surface area contributed by atoms with Crippen molar-refractivity contribution in [2.75, 3.05) is 25.0 Å². The van der Waals surface area contributed by atoms with E-state index in [4.69, 9.17) is 12.2 Å². The van der Waals surface area contributed by atoms with Gasteiger partial charge < -0.3 is 15.5 Å². The van der Waals surface area contributed by atoms with Gasteiger partial charge in [0.2, 0.25) is 0 Å². The summed E-state index contributed by atoms with van der Waals surface area (Å²) in [6, 6.07) is 6.35. The van der Waals surface area contributed by atoms with E-state index in [1.807, 2.05) is 4.90 Å². The van der Waals surface area contributed by atoms with Crippen LogP contribution in [0, 0.1) is 13.8 Å². The Morgan fingerprint density at radius 2 is 1.72 bits per heavy atom. The van der Waals surface area contributed by atoms with E-state index in [0.29, 0.717) is 5.54 Å². The molecule has 4 heteroatoms. The number of aryl methyl sites for hydroxylation is 1. The molecule has 1 saturated heterocycles. The van der Waals surface area contributed by atoms with E-state index in [1.54, 1.807) is 0 Å². The minimum absolute atomic E-state index is 0.395. The minimum Gasteiger partial charge on any atom is -0.356 e. The summed E-state index contributed by atoms with van der Waals surface area (Å²) in [5, 5.41) is 7.78. The Morgan fingerprint density at radius 3 is 2.44 bits per heavy atom. The van der Waals surface area contributed by atoms with Gasteiger partial charge in [-0.1, -0.05) is 18.6 Å². The first-order chi connectivity index (χ1) is 12.1. The number of hydrogen-bond acceptors (Lipinski definition) is 1. The number of benzene rings is 1. The van der Waals surface area contributed by atoms with E-state index in [-0.39, 0.29) is 0 Å². The van der Waals surface area contributed by atoms with Crippen molar-refractivity contribution in [3.63, 3.8) is 0 Å². The van der Waals surface area contributed by atoms with E-state index >= 15 is 0 Å². The summed E-state index contributed by atoms with van der Waals surface area (Å²) in [6.45, 7) is 8.01. The predicted molar refractivity (Wildman–Crippen MR) is 111 cm³/mol. The number of thiocarbonyl (C=S) groups is 1. The Morgan fingerprint density at radius 1 is 1.04 bits per heavy atom. The van der Waals surface area contributed by atoms with Gasteiger partial charge in [0.05, 0.1) is 19.6 Å². The van der Waals surface area contributed by atoms with Gasteiger partial charge >= 0.3 is 0 Å². The van der Waals surface area contributed by atoms with Gasteiger partial charge in [0.25, 0.3) is 0 Å². The average Bonchev–Trinajstić information content (AvgIpc) is 2.65. The molecular weight excluding hydrogens is 326 g/mol. The Bertz CT molecular complexity index is 587. The third-order valence-corrected chi connectivity index (χ3v) is 6.70. The van der Waals surface area contributed by atoms with Gasteiger partial charge in [0.15, 0.2) is 5.11 Å². The van der Waals surface area contributed by atoms with Crippen molar-refractivity contribution < 1.29 is 4.90 Å². The van der Waals surface area contributed by atoms with Crippen LogP contribution in [0.15, 0.2) is 18.2 Å². The van der Waals surface area contributed by atoms with Crippen LogP contribution in [0.5, 0.6) is 0 Å². The lowest BCUT2D eigenvalue weighted by atomic mass is 9.79. The Hall–Kier alpha value is -1.13. The molecule has 3 N–H and O–H groups in total. The molecule has 0 radical (unpaired) electrons. The van der Waals surface area contributed by atoms with Crippen LogP contribution in [0.25, 0.3) is 0 Å². The zero-order valence-corrected chi connectivity index (χ0v) is 16.7. The fourth-order valence-electron chi connectivity index (χ4n) is 4.70. The first-order valence-corrected chi connectivity index (χ1v) is 10.5. The van der Waals surface area contributed by atoms with Crippen LogP contribution in [0.2, 0.25) is 0 Å². The quantitative estimate of drug-likeness (QED) is 0.719. The molecule has 0 amide bonds. The summed E-state index contributed by atoms with van der Waals surface area (Å²) in [7, 11) is 0. The Labute approximate surface area is 158 Å². The number of likely N-dealkylation sites (tertiary alicyclic amines) is 1. The van der Waals surface area contributed by atoms with E-state index in [1.165, 1.54) is 75.6 Å². The van der Waals surface area contributed by atoms with Crippen LogP contribution in [-0.2, 0) is 0 Å². The monoisotopic (exact) mass is 360 g/mol. The van der Waals surface area contributed by atoms with Crippen molar-refractivity contribution in [1.82, 2.24) is 5.32 Å². The third kappa shape index (κ3) is 4.53. The molecule has 1 heterocycles. The molecule has 0 unspecified atom stereocenters. The van der Waals surface area contributed by atoms with Crippen molar-refractivity contribution in [2.24, 2.45) is 0 Å². The number of anilines is 1. The molecule has 138 valence electrons. The van der Waals surface area contributed by atoms with Gasteiger partial charge in [-0.25, -0.2) is 0 Å². The zero-order valence-electron chi connectivity index (χ0n) is 15.9.